The van der Waals surface area contributed by atoms with Crippen molar-refractivity contribution in [1.82, 2.24) is 9.80 Å². The third kappa shape index (κ3) is 3.24. The fourth-order valence-electron chi connectivity index (χ4n) is 5.23. The number of likely N-dealkylation sites (tertiary alicyclic amines) is 1. The lowest BCUT2D eigenvalue weighted by atomic mass is 9.72. The topological polar surface area (TPSA) is 30.0 Å². The Morgan fingerprint density at radius 2 is 1.61 bits per heavy atom. The smallest absolute Gasteiger partial charge is 0.0834 e. The van der Waals surface area contributed by atoms with E-state index in [-0.39, 0.29) is 17.6 Å². The normalized spacial score (nSPS) is 23.9. The van der Waals surface area contributed by atoms with E-state index in [1.54, 1.807) is 0 Å². The van der Waals surface area contributed by atoms with Gasteiger partial charge in [0.05, 0.1) is 12.1 Å². The highest BCUT2D eigenvalue weighted by Gasteiger charge is 2.52. The summed E-state index contributed by atoms with van der Waals surface area (Å²) in [6.07, 6.45) is 1.71. The van der Waals surface area contributed by atoms with Gasteiger partial charge in [-0.2, -0.15) is 0 Å². The maximum Gasteiger partial charge on any atom is 0.0834 e. The molecule has 150 valence electrons. The number of piperidine rings is 1. The lowest BCUT2D eigenvalue weighted by Gasteiger charge is -2.43. The van der Waals surface area contributed by atoms with Gasteiger partial charge in [0.2, 0.25) is 0 Å². The molecule has 0 bridgehead atoms. The molecule has 1 aliphatic carbocycles. The van der Waals surface area contributed by atoms with Crippen molar-refractivity contribution in [3.8, 4) is 0 Å². The van der Waals surface area contributed by atoms with E-state index in [2.05, 4.69) is 91.4 Å². The van der Waals surface area contributed by atoms with Crippen LogP contribution in [0.1, 0.15) is 35.6 Å². The van der Waals surface area contributed by atoms with Crippen LogP contribution in [0.4, 0.5) is 5.69 Å². The largest absolute Gasteiger partial charge is 0.390 e. The van der Waals surface area contributed by atoms with E-state index in [0.717, 1.165) is 32.5 Å². The monoisotopic (exact) mass is 379 g/mol. The van der Waals surface area contributed by atoms with Gasteiger partial charge in [-0.25, -0.2) is 0 Å². The maximum absolute atomic E-state index is 11.3. The summed E-state index contributed by atoms with van der Waals surface area (Å²) < 4.78 is 0. The summed E-state index contributed by atoms with van der Waals surface area (Å²) in [6, 6.07) is 17.6. The number of anilines is 1. The Hall–Kier alpha value is -1.88. The summed E-state index contributed by atoms with van der Waals surface area (Å²) in [5, 5.41) is 11.3. The Morgan fingerprint density at radius 3 is 2.21 bits per heavy atom. The number of likely N-dealkylation sites (N-methyl/N-ethyl adjacent to an activating group) is 1. The highest BCUT2D eigenvalue weighted by molar-refractivity contribution is 5.47. The molecule has 4 heteroatoms. The predicted octanol–water partition coefficient (Wildman–Crippen LogP) is 3.26. The number of rotatable bonds is 4. The van der Waals surface area contributed by atoms with Crippen LogP contribution < -0.4 is 4.90 Å². The van der Waals surface area contributed by atoms with Gasteiger partial charge in [0.15, 0.2) is 0 Å². The summed E-state index contributed by atoms with van der Waals surface area (Å²) in [5.41, 5.74) is 5.18. The van der Waals surface area contributed by atoms with Crippen LogP contribution in [0.25, 0.3) is 0 Å². The summed E-state index contributed by atoms with van der Waals surface area (Å²) in [6.45, 7) is 3.04. The first kappa shape index (κ1) is 19.4. The molecule has 4 nitrogen and oxygen atoms in total. The van der Waals surface area contributed by atoms with Crippen molar-refractivity contribution in [3.63, 3.8) is 0 Å². The maximum atomic E-state index is 11.3. The van der Waals surface area contributed by atoms with Crippen LogP contribution in [0.2, 0.25) is 0 Å². The molecule has 2 aliphatic rings. The van der Waals surface area contributed by atoms with E-state index in [9.17, 15) is 5.11 Å². The van der Waals surface area contributed by atoms with Gasteiger partial charge in [0, 0.05) is 31.7 Å². The first-order valence-corrected chi connectivity index (χ1v) is 10.3. The number of hydrogen-bond donors (Lipinski definition) is 1. The molecule has 1 spiro atoms. The SMILES string of the molecule is CN(C)c1ccc(CN2CCC3(CC2)c2ccccc2[C@@H](N(C)C)[C@@H]3O)cc1. The van der Waals surface area contributed by atoms with Crippen molar-refractivity contribution in [2.75, 3.05) is 46.2 Å². The Balaban J connectivity index is 1.49. The quantitative estimate of drug-likeness (QED) is 0.883. The highest BCUT2D eigenvalue weighted by atomic mass is 16.3. The molecule has 1 aliphatic heterocycles. The van der Waals surface area contributed by atoms with Crippen molar-refractivity contribution in [2.24, 2.45) is 0 Å². The van der Waals surface area contributed by atoms with Crippen molar-refractivity contribution in [3.05, 3.63) is 65.2 Å². The van der Waals surface area contributed by atoms with E-state index in [4.69, 9.17) is 0 Å². The Kier molecular flexibility index (Phi) is 5.21. The number of aliphatic hydroxyl groups excluding tert-OH is 1. The van der Waals surface area contributed by atoms with Crippen molar-refractivity contribution in [2.45, 2.75) is 36.9 Å². The molecule has 2 aromatic rings. The molecular weight excluding hydrogens is 346 g/mol. The third-order valence-corrected chi connectivity index (χ3v) is 6.84. The second kappa shape index (κ2) is 7.51. The third-order valence-electron chi connectivity index (χ3n) is 6.84. The standard InChI is InChI=1S/C24H33N3O/c1-25(2)19-11-9-18(10-12-19)17-27-15-13-24(14-16-27)21-8-6-5-7-20(21)22(23(24)28)26(3)4/h5-12,22-23,28H,13-17H2,1-4H3/t22-,23+/m1/s1. The molecule has 2 atom stereocenters. The van der Waals surface area contributed by atoms with E-state index in [1.807, 2.05) is 0 Å². The molecule has 4 rings (SSSR count). The lowest BCUT2D eigenvalue weighted by molar-refractivity contribution is -0.00392. The number of fused-ring (bicyclic) bond motifs is 2. The minimum Gasteiger partial charge on any atom is -0.390 e. The van der Waals surface area contributed by atoms with Crippen LogP contribution in [-0.2, 0) is 12.0 Å². The fraction of sp³-hybridized carbons (Fsp3) is 0.500. The van der Waals surface area contributed by atoms with E-state index >= 15 is 0 Å². The first-order chi connectivity index (χ1) is 13.4. The fourth-order valence-corrected chi connectivity index (χ4v) is 5.23. The minimum absolute atomic E-state index is 0.0985. The van der Waals surface area contributed by atoms with Crippen LogP contribution in [0.5, 0.6) is 0 Å². The van der Waals surface area contributed by atoms with Crippen molar-refractivity contribution < 1.29 is 5.11 Å². The summed E-state index contributed by atoms with van der Waals surface area (Å²) >= 11 is 0. The average molecular weight is 380 g/mol. The number of benzene rings is 2. The van der Waals surface area contributed by atoms with Gasteiger partial charge in [0.25, 0.3) is 0 Å². The molecule has 0 radical (unpaired) electrons. The summed E-state index contributed by atoms with van der Waals surface area (Å²) in [7, 11) is 8.31. The van der Waals surface area contributed by atoms with Gasteiger partial charge in [0.1, 0.15) is 0 Å². The van der Waals surface area contributed by atoms with Crippen molar-refractivity contribution in [1.29, 1.82) is 0 Å². The number of nitrogens with zero attached hydrogens (tertiary/aromatic N) is 3. The van der Waals surface area contributed by atoms with Crippen LogP contribution in [0.3, 0.4) is 0 Å². The molecule has 2 aromatic carbocycles. The van der Waals surface area contributed by atoms with Gasteiger partial charge < -0.3 is 14.9 Å². The van der Waals surface area contributed by atoms with Gasteiger partial charge in [-0.1, -0.05) is 36.4 Å². The molecule has 0 saturated carbocycles. The van der Waals surface area contributed by atoms with Crippen LogP contribution in [0, 0.1) is 0 Å². The average Bonchev–Trinajstić information content (AvgIpc) is 2.93. The van der Waals surface area contributed by atoms with Crippen LogP contribution in [-0.4, -0.2) is 62.3 Å². The second-order valence-corrected chi connectivity index (χ2v) is 8.93. The molecule has 28 heavy (non-hydrogen) atoms. The predicted molar refractivity (Wildman–Crippen MR) is 116 cm³/mol. The molecule has 1 fully saturated rings. The Bertz CT molecular complexity index is 807. The van der Waals surface area contributed by atoms with E-state index < -0.39 is 0 Å². The molecule has 1 N–H and O–H groups in total. The van der Waals surface area contributed by atoms with Gasteiger partial charge in [-0.05, 0) is 68.8 Å². The molecule has 0 amide bonds. The van der Waals surface area contributed by atoms with Crippen molar-refractivity contribution >= 4 is 5.69 Å². The van der Waals surface area contributed by atoms with Crippen LogP contribution >= 0.6 is 0 Å². The molecule has 0 unspecified atom stereocenters. The zero-order chi connectivity index (χ0) is 19.9. The van der Waals surface area contributed by atoms with Gasteiger partial charge in [-0.3, -0.25) is 4.90 Å². The molecule has 1 heterocycles. The van der Waals surface area contributed by atoms with E-state index in [1.165, 1.54) is 22.4 Å². The number of aliphatic hydroxyl groups is 1. The minimum atomic E-state index is -0.332. The Labute approximate surface area is 169 Å². The van der Waals surface area contributed by atoms with Crippen LogP contribution in [0.15, 0.2) is 48.5 Å². The highest BCUT2D eigenvalue weighted by Crippen LogP contribution is 2.52. The molecule has 0 aromatic heterocycles. The lowest BCUT2D eigenvalue weighted by Crippen LogP contribution is -2.49. The second-order valence-electron chi connectivity index (χ2n) is 8.93. The zero-order valence-corrected chi connectivity index (χ0v) is 17.6. The molecule has 1 saturated heterocycles. The van der Waals surface area contributed by atoms with Gasteiger partial charge in [-0.15, -0.1) is 0 Å². The summed E-state index contributed by atoms with van der Waals surface area (Å²) in [4.78, 5) is 6.85. The first-order valence-electron chi connectivity index (χ1n) is 10.3. The summed E-state index contributed by atoms with van der Waals surface area (Å²) in [5.74, 6) is 0. The molecular formula is C24H33N3O. The van der Waals surface area contributed by atoms with Gasteiger partial charge >= 0.3 is 0 Å². The van der Waals surface area contributed by atoms with E-state index in [0.29, 0.717) is 0 Å². The number of hydrogen-bond acceptors (Lipinski definition) is 4. The zero-order valence-electron chi connectivity index (χ0n) is 17.6. The Morgan fingerprint density at radius 1 is 0.964 bits per heavy atom.